The Morgan fingerprint density at radius 2 is 1.64 bits per heavy atom. The highest BCUT2D eigenvalue weighted by Crippen LogP contribution is 2.29. The summed E-state index contributed by atoms with van der Waals surface area (Å²) in [7, 11) is 2.16. The summed E-state index contributed by atoms with van der Waals surface area (Å²) in [5, 5.41) is 6.63. The maximum absolute atomic E-state index is 4.82. The summed E-state index contributed by atoms with van der Waals surface area (Å²) < 4.78 is 0. The van der Waals surface area contributed by atoms with E-state index in [0.717, 1.165) is 65.5 Å². The van der Waals surface area contributed by atoms with E-state index >= 15 is 0 Å². The molecule has 7 heteroatoms. The van der Waals surface area contributed by atoms with E-state index in [4.69, 9.17) is 4.98 Å². The SMILES string of the molecule is Cc1nc(NCc2ccc(-c3nc(-c4ccccc4)cs3)cc2)cc(N2CCN(C)CC2)n1. The van der Waals surface area contributed by atoms with Crippen LogP contribution in [0.1, 0.15) is 11.4 Å². The number of nitrogens with one attached hydrogen (secondary N) is 1. The summed E-state index contributed by atoms with van der Waals surface area (Å²) >= 11 is 1.68. The average molecular weight is 457 g/mol. The number of anilines is 2. The lowest BCUT2D eigenvalue weighted by atomic mass is 10.1. The van der Waals surface area contributed by atoms with Gasteiger partial charge in [0.05, 0.1) is 5.69 Å². The van der Waals surface area contributed by atoms with Crippen LogP contribution in [0.2, 0.25) is 0 Å². The minimum absolute atomic E-state index is 0.714. The topological polar surface area (TPSA) is 57.2 Å². The van der Waals surface area contributed by atoms with E-state index in [1.807, 2.05) is 25.1 Å². The van der Waals surface area contributed by atoms with Crippen LogP contribution >= 0.6 is 11.3 Å². The Morgan fingerprint density at radius 3 is 2.39 bits per heavy atom. The van der Waals surface area contributed by atoms with Gasteiger partial charge in [-0.25, -0.2) is 15.0 Å². The first kappa shape index (κ1) is 21.6. The summed E-state index contributed by atoms with van der Waals surface area (Å²) in [5.74, 6) is 2.67. The number of rotatable bonds is 6. The van der Waals surface area contributed by atoms with Crippen molar-refractivity contribution >= 4 is 23.0 Å². The molecule has 0 unspecified atom stereocenters. The van der Waals surface area contributed by atoms with Gasteiger partial charge in [-0.15, -0.1) is 11.3 Å². The van der Waals surface area contributed by atoms with Gasteiger partial charge in [0.1, 0.15) is 22.5 Å². The van der Waals surface area contributed by atoms with E-state index in [9.17, 15) is 0 Å². The third kappa shape index (κ3) is 5.21. The fraction of sp³-hybridized carbons (Fsp3) is 0.269. The van der Waals surface area contributed by atoms with Crippen LogP contribution in [-0.4, -0.2) is 53.1 Å². The van der Waals surface area contributed by atoms with Gasteiger partial charge in [0.2, 0.25) is 0 Å². The number of nitrogens with zero attached hydrogens (tertiary/aromatic N) is 5. The summed E-state index contributed by atoms with van der Waals surface area (Å²) in [5.41, 5.74) is 4.52. The summed E-state index contributed by atoms with van der Waals surface area (Å²) in [6, 6.07) is 21.0. The lowest BCUT2D eigenvalue weighted by Crippen LogP contribution is -2.44. The van der Waals surface area contributed by atoms with E-state index in [2.05, 4.69) is 80.0 Å². The predicted octanol–water partition coefficient (Wildman–Crippen LogP) is 4.94. The number of benzene rings is 2. The fourth-order valence-electron chi connectivity index (χ4n) is 3.95. The lowest BCUT2D eigenvalue weighted by Gasteiger charge is -2.33. The van der Waals surface area contributed by atoms with Crippen molar-refractivity contribution in [2.75, 3.05) is 43.4 Å². The van der Waals surface area contributed by atoms with Crippen LogP contribution < -0.4 is 10.2 Å². The highest BCUT2D eigenvalue weighted by atomic mass is 32.1. The van der Waals surface area contributed by atoms with Crippen LogP contribution in [0.5, 0.6) is 0 Å². The van der Waals surface area contributed by atoms with Crippen LogP contribution in [-0.2, 0) is 6.54 Å². The molecule has 3 heterocycles. The number of thiazole rings is 1. The fourth-order valence-corrected chi connectivity index (χ4v) is 4.78. The second kappa shape index (κ2) is 9.68. The van der Waals surface area contributed by atoms with E-state index in [-0.39, 0.29) is 0 Å². The molecule has 0 spiro atoms. The zero-order valence-corrected chi connectivity index (χ0v) is 19.8. The maximum atomic E-state index is 4.82. The van der Waals surface area contributed by atoms with Gasteiger partial charge in [0, 0.05) is 55.3 Å². The number of hydrogen-bond donors (Lipinski definition) is 1. The minimum Gasteiger partial charge on any atom is -0.366 e. The Kier molecular flexibility index (Phi) is 6.32. The second-order valence-electron chi connectivity index (χ2n) is 8.40. The van der Waals surface area contributed by atoms with Gasteiger partial charge >= 0.3 is 0 Å². The van der Waals surface area contributed by atoms with Gasteiger partial charge in [-0.05, 0) is 19.5 Å². The largest absolute Gasteiger partial charge is 0.366 e. The van der Waals surface area contributed by atoms with Gasteiger partial charge in [0.25, 0.3) is 0 Å². The van der Waals surface area contributed by atoms with Crippen molar-refractivity contribution in [2.24, 2.45) is 0 Å². The number of aryl methyl sites for hydroxylation is 1. The maximum Gasteiger partial charge on any atom is 0.134 e. The lowest BCUT2D eigenvalue weighted by molar-refractivity contribution is 0.312. The molecule has 0 amide bonds. The standard InChI is InChI=1S/C26H28N6S/c1-19-28-24(16-25(29-19)32-14-12-31(2)13-15-32)27-17-20-8-10-22(11-9-20)26-30-23(18-33-26)21-6-4-3-5-7-21/h3-11,16,18H,12-15,17H2,1-2H3,(H,27,28,29). The highest BCUT2D eigenvalue weighted by Gasteiger charge is 2.16. The van der Waals surface area contributed by atoms with Crippen LogP contribution in [0, 0.1) is 6.92 Å². The molecule has 1 aliphatic heterocycles. The van der Waals surface area contributed by atoms with Crippen molar-refractivity contribution in [3.05, 3.63) is 77.4 Å². The Balaban J connectivity index is 1.24. The smallest absolute Gasteiger partial charge is 0.134 e. The third-order valence-electron chi connectivity index (χ3n) is 5.90. The number of aromatic nitrogens is 3. The predicted molar refractivity (Wildman–Crippen MR) is 137 cm³/mol. The van der Waals surface area contributed by atoms with Crippen molar-refractivity contribution in [3.63, 3.8) is 0 Å². The molecule has 1 saturated heterocycles. The molecule has 0 radical (unpaired) electrons. The molecule has 4 aromatic rings. The van der Waals surface area contributed by atoms with Crippen LogP contribution in [0.4, 0.5) is 11.6 Å². The van der Waals surface area contributed by atoms with Gasteiger partial charge in [0.15, 0.2) is 0 Å². The molecule has 1 fully saturated rings. The van der Waals surface area contributed by atoms with Gasteiger partial charge < -0.3 is 15.1 Å². The number of hydrogen-bond acceptors (Lipinski definition) is 7. The highest BCUT2D eigenvalue weighted by molar-refractivity contribution is 7.13. The first-order valence-electron chi connectivity index (χ1n) is 11.3. The molecule has 5 rings (SSSR count). The normalized spacial score (nSPS) is 14.4. The molecule has 2 aromatic carbocycles. The monoisotopic (exact) mass is 456 g/mol. The van der Waals surface area contributed by atoms with Crippen molar-refractivity contribution in [3.8, 4) is 21.8 Å². The zero-order valence-electron chi connectivity index (χ0n) is 19.0. The van der Waals surface area contributed by atoms with E-state index < -0.39 is 0 Å². The van der Waals surface area contributed by atoms with E-state index in [1.165, 1.54) is 5.56 Å². The first-order chi connectivity index (χ1) is 16.1. The average Bonchev–Trinajstić information content (AvgIpc) is 3.34. The third-order valence-corrected chi connectivity index (χ3v) is 6.79. The Morgan fingerprint density at radius 1 is 0.879 bits per heavy atom. The molecule has 1 aliphatic rings. The van der Waals surface area contributed by atoms with Crippen molar-refractivity contribution < 1.29 is 0 Å². The zero-order chi connectivity index (χ0) is 22.6. The van der Waals surface area contributed by atoms with Gasteiger partial charge in [-0.1, -0.05) is 54.6 Å². The van der Waals surface area contributed by atoms with Crippen molar-refractivity contribution in [2.45, 2.75) is 13.5 Å². The molecule has 168 valence electrons. The molecule has 0 saturated carbocycles. The Bertz CT molecular complexity index is 1200. The molecule has 2 aromatic heterocycles. The van der Waals surface area contributed by atoms with Crippen LogP contribution in [0.15, 0.2) is 66.0 Å². The Labute approximate surface area is 199 Å². The summed E-state index contributed by atoms with van der Waals surface area (Å²) in [4.78, 5) is 18.8. The first-order valence-corrected chi connectivity index (χ1v) is 12.2. The van der Waals surface area contributed by atoms with E-state index in [0.29, 0.717) is 6.54 Å². The van der Waals surface area contributed by atoms with E-state index in [1.54, 1.807) is 11.3 Å². The molecule has 0 bridgehead atoms. The molecular formula is C26H28N6S. The van der Waals surface area contributed by atoms with Crippen molar-refractivity contribution in [1.82, 2.24) is 19.9 Å². The minimum atomic E-state index is 0.714. The molecule has 0 aliphatic carbocycles. The molecular weight excluding hydrogens is 428 g/mol. The summed E-state index contributed by atoms with van der Waals surface area (Å²) in [6.07, 6.45) is 0. The second-order valence-corrected chi connectivity index (χ2v) is 9.26. The number of piperazine rings is 1. The number of likely N-dealkylation sites (N-methyl/N-ethyl adjacent to an activating group) is 1. The molecule has 1 N–H and O–H groups in total. The molecule has 0 atom stereocenters. The Hall–Kier alpha value is -3.29. The summed E-state index contributed by atoms with van der Waals surface area (Å²) in [6.45, 7) is 6.78. The molecule has 33 heavy (non-hydrogen) atoms. The van der Waals surface area contributed by atoms with Crippen LogP contribution in [0.3, 0.4) is 0 Å². The van der Waals surface area contributed by atoms with Crippen molar-refractivity contribution in [1.29, 1.82) is 0 Å². The molecule has 6 nitrogen and oxygen atoms in total. The van der Waals surface area contributed by atoms with Gasteiger partial charge in [-0.3, -0.25) is 0 Å². The quantitative estimate of drug-likeness (QED) is 0.444. The van der Waals surface area contributed by atoms with Gasteiger partial charge in [-0.2, -0.15) is 0 Å². The van der Waals surface area contributed by atoms with Crippen LogP contribution in [0.25, 0.3) is 21.8 Å².